The van der Waals surface area contributed by atoms with Gasteiger partial charge in [-0.25, -0.2) is 4.68 Å². The van der Waals surface area contributed by atoms with Gasteiger partial charge in [0.25, 0.3) is 5.91 Å². The molecule has 3 rings (SSSR count). The molecule has 150 valence electrons. The predicted octanol–water partition coefficient (Wildman–Crippen LogP) is 3.22. The van der Waals surface area contributed by atoms with Gasteiger partial charge in [-0.15, -0.1) is 5.10 Å². The third-order valence-corrected chi connectivity index (χ3v) is 4.71. The molecule has 0 aliphatic rings. The molecule has 0 radical (unpaired) electrons. The number of hydrogen-bond acceptors (Lipinski definition) is 5. The van der Waals surface area contributed by atoms with Crippen molar-refractivity contribution in [1.82, 2.24) is 20.3 Å². The number of anilines is 1. The number of hydrogen-bond donors (Lipinski definition) is 3. The van der Waals surface area contributed by atoms with E-state index in [4.69, 9.17) is 16.7 Å². The van der Waals surface area contributed by atoms with Crippen LogP contribution in [0.1, 0.15) is 34.6 Å². The number of nitrogens with one attached hydrogen (secondary N) is 2. The highest BCUT2D eigenvalue weighted by Gasteiger charge is 2.12. The van der Waals surface area contributed by atoms with Crippen LogP contribution in [0, 0.1) is 6.92 Å². The number of rotatable bonds is 7. The molecule has 0 saturated carbocycles. The van der Waals surface area contributed by atoms with Crippen LogP contribution in [0.4, 0.5) is 5.69 Å². The normalized spacial score (nSPS) is 11.7. The molecule has 9 heteroatoms. The monoisotopic (exact) mass is 413 g/mol. The maximum Gasteiger partial charge on any atom is 0.322 e. The summed E-state index contributed by atoms with van der Waals surface area (Å²) >= 11 is 6.06. The number of aromatic nitrogens is 3. The van der Waals surface area contributed by atoms with Crippen LogP contribution in [0.2, 0.25) is 5.02 Å². The molecule has 0 bridgehead atoms. The molecule has 0 spiro atoms. The van der Waals surface area contributed by atoms with Gasteiger partial charge in [-0.2, -0.15) is 0 Å². The van der Waals surface area contributed by atoms with Crippen molar-refractivity contribution in [1.29, 1.82) is 0 Å². The Labute approximate surface area is 172 Å². The first-order chi connectivity index (χ1) is 13.8. The van der Waals surface area contributed by atoms with Gasteiger partial charge in [0.1, 0.15) is 12.2 Å². The summed E-state index contributed by atoms with van der Waals surface area (Å²) in [6.45, 7) is 3.50. The Morgan fingerprint density at radius 1 is 1.21 bits per heavy atom. The third-order valence-electron chi connectivity index (χ3n) is 4.29. The Kier molecular flexibility index (Phi) is 6.13. The molecule has 3 aromatic rings. The molecule has 29 heavy (non-hydrogen) atoms. The topological polar surface area (TPSA) is 109 Å². The van der Waals surface area contributed by atoms with Crippen molar-refractivity contribution in [2.24, 2.45) is 0 Å². The molecule has 0 aliphatic heterocycles. The van der Waals surface area contributed by atoms with Crippen LogP contribution in [-0.2, 0) is 4.79 Å². The molecule has 1 atom stereocenters. The molecule has 1 heterocycles. The largest absolute Gasteiger partial charge is 0.480 e. The number of carboxylic acid groups (broad SMARTS) is 1. The first-order valence-corrected chi connectivity index (χ1v) is 9.26. The second kappa shape index (κ2) is 8.74. The van der Waals surface area contributed by atoms with Crippen LogP contribution in [0.5, 0.6) is 0 Å². The fraction of sp³-hybridized carbons (Fsp3) is 0.200. The molecule has 8 nitrogen and oxygen atoms in total. The van der Waals surface area contributed by atoms with Crippen LogP contribution in [0.25, 0.3) is 5.69 Å². The van der Waals surface area contributed by atoms with E-state index in [2.05, 4.69) is 20.9 Å². The Hall–Kier alpha value is -3.39. The fourth-order valence-corrected chi connectivity index (χ4v) is 2.80. The zero-order chi connectivity index (χ0) is 21.0. The van der Waals surface area contributed by atoms with Gasteiger partial charge in [0.15, 0.2) is 0 Å². The Morgan fingerprint density at radius 2 is 1.93 bits per heavy atom. The highest BCUT2D eigenvalue weighted by Crippen LogP contribution is 2.23. The lowest BCUT2D eigenvalue weighted by molar-refractivity contribution is -0.135. The highest BCUT2D eigenvalue weighted by atomic mass is 35.5. The Bertz CT molecular complexity index is 1030. The van der Waals surface area contributed by atoms with E-state index in [1.807, 2.05) is 32.0 Å². The molecule has 1 aromatic heterocycles. The number of aryl methyl sites for hydroxylation is 1. The van der Waals surface area contributed by atoms with E-state index in [9.17, 15) is 9.59 Å². The van der Waals surface area contributed by atoms with Crippen LogP contribution < -0.4 is 10.6 Å². The maximum absolute atomic E-state index is 11.9. The van der Waals surface area contributed by atoms with E-state index >= 15 is 0 Å². The van der Waals surface area contributed by atoms with Crippen LogP contribution in [0.3, 0.4) is 0 Å². The number of carbonyl (C=O) groups excluding carboxylic acids is 1. The van der Waals surface area contributed by atoms with Crippen LogP contribution in [0.15, 0.2) is 48.7 Å². The van der Waals surface area contributed by atoms with Gasteiger partial charge < -0.3 is 15.7 Å². The number of aliphatic carboxylic acids is 1. The minimum absolute atomic E-state index is 0.0783. The van der Waals surface area contributed by atoms with Crippen molar-refractivity contribution >= 4 is 29.2 Å². The number of benzene rings is 2. The van der Waals surface area contributed by atoms with Gasteiger partial charge in [-0.05, 0) is 61.9 Å². The Balaban J connectivity index is 1.68. The third kappa shape index (κ3) is 5.11. The van der Waals surface area contributed by atoms with Gasteiger partial charge in [0.2, 0.25) is 0 Å². The molecule has 1 amide bonds. The first kappa shape index (κ1) is 20.3. The molecule has 1 unspecified atom stereocenters. The van der Waals surface area contributed by atoms with Crippen LogP contribution >= 0.6 is 11.6 Å². The summed E-state index contributed by atoms with van der Waals surface area (Å²) in [6, 6.07) is 12.3. The molecule has 3 N–H and O–H groups in total. The molecule has 0 fully saturated rings. The second-order valence-electron chi connectivity index (χ2n) is 6.54. The smallest absolute Gasteiger partial charge is 0.322 e. The van der Waals surface area contributed by atoms with Crippen molar-refractivity contribution < 1.29 is 14.7 Å². The number of carboxylic acids is 1. The average Bonchev–Trinajstić information content (AvgIpc) is 3.19. The van der Waals surface area contributed by atoms with Crippen molar-refractivity contribution in [3.05, 3.63) is 70.5 Å². The van der Waals surface area contributed by atoms with E-state index in [0.29, 0.717) is 10.6 Å². The first-order valence-electron chi connectivity index (χ1n) is 8.89. The fourth-order valence-electron chi connectivity index (χ4n) is 2.68. The highest BCUT2D eigenvalue weighted by molar-refractivity contribution is 6.31. The molecule has 2 aromatic carbocycles. The lowest BCUT2D eigenvalue weighted by Gasteiger charge is -2.13. The minimum Gasteiger partial charge on any atom is -0.480 e. The maximum atomic E-state index is 11.9. The number of nitrogens with zero attached hydrogens (tertiary/aromatic N) is 3. The summed E-state index contributed by atoms with van der Waals surface area (Å²) in [7, 11) is 0. The SMILES string of the molecule is Cc1cc(NC(C)c2cn(-c3ccc(C(=O)NCC(=O)O)cc3)nn2)ccc1Cl. The summed E-state index contributed by atoms with van der Waals surface area (Å²) < 4.78 is 1.61. The Morgan fingerprint density at radius 3 is 2.59 bits per heavy atom. The van der Waals surface area contributed by atoms with Crippen molar-refractivity contribution in [2.75, 3.05) is 11.9 Å². The van der Waals surface area contributed by atoms with E-state index < -0.39 is 18.4 Å². The summed E-state index contributed by atoms with van der Waals surface area (Å²) in [5.41, 5.74) is 3.77. The van der Waals surface area contributed by atoms with Gasteiger partial charge in [-0.1, -0.05) is 16.8 Å². The number of halogens is 1. The lowest BCUT2D eigenvalue weighted by atomic mass is 10.2. The van der Waals surface area contributed by atoms with E-state index in [-0.39, 0.29) is 6.04 Å². The lowest BCUT2D eigenvalue weighted by Crippen LogP contribution is -2.29. The second-order valence-corrected chi connectivity index (χ2v) is 6.95. The molecular formula is C20H20ClN5O3. The minimum atomic E-state index is -1.10. The van der Waals surface area contributed by atoms with Gasteiger partial charge in [-0.3, -0.25) is 9.59 Å². The summed E-state index contributed by atoms with van der Waals surface area (Å²) in [5, 5.41) is 23.4. The molecular weight excluding hydrogens is 394 g/mol. The van der Waals surface area contributed by atoms with Gasteiger partial charge >= 0.3 is 5.97 Å². The summed E-state index contributed by atoms with van der Waals surface area (Å²) in [5.74, 6) is -1.55. The average molecular weight is 414 g/mol. The van der Waals surface area contributed by atoms with Crippen molar-refractivity contribution in [3.63, 3.8) is 0 Å². The van der Waals surface area contributed by atoms with Crippen LogP contribution in [-0.4, -0.2) is 38.5 Å². The standard InChI is InChI=1S/C20H20ClN5O3/c1-12-9-15(5-8-17(12)21)23-13(2)18-11-26(25-24-18)16-6-3-14(4-7-16)20(29)22-10-19(27)28/h3-9,11,13,23H,10H2,1-2H3,(H,22,29)(H,27,28). The zero-order valence-corrected chi connectivity index (χ0v) is 16.6. The van der Waals surface area contributed by atoms with E-state index in [0.717, 1.165) is 22.6 Å². The van der Waals surface area contributed by atoms with Crippen molar-refractivity contribution in [2.45, 2.75) is 19.9 Å². The molecule has 0 aliphatic carbocycles. The van der Waals surface area contributed by atoms with E-state index in [1.165, 1.54) is 0 Å². The molecule has 0 saturated heterocycles. The predicted molar refractivity (Wildman–Crippen MR) is 110 cm³/mol. The van der Waals surface area contributed by atoms with Gasteiger partial charge in [0, 0.05) is 16.3 Å². The van der Waals surface area contributed by atoms with Gasteiger partial charge in [0.05, 0.1) is 17.9 Å². The van der Waals surface area contributed by atoms with Crippen molar-refractivity contribution in [3.8, 4) is 5.69 Å². The van der Waals surface area contributed by atoms with E-state index in [1.54, 1.807) is 35.1 Å². The number of carbonyl (C=O) groups is 2. The zero-order valence-electron chi connectivity index (χ0n) is 15.9. The quantitative estimate of drug-likeness (QED) is 0.548. The summed E-state index contributed by atoms with van der Waals surface area (Å²) in [4.78, 5) is 22.4. The number of amides is 1. The summed E-state index contributed by atoms with van der Waals surface area (Å²) in [6.07, 6.45) is 1.81.